The van der Waals surface area contributed by atoms with Crippen molar-refractivity contribution in [2.45, 2.75) is 0 Å². The minimum atomic E-state index is -0.612. The number of halogens is 2. The lowest BCUT2D eigenvalue weighted by Crippen LogP contribution is -2.36. The summed E-state index contributed by atoms with van der Waals surface area (Å²) in [5.74, 6) is -0.532. The third-order valence-corrected chi connectivity index (χ3v) is 5.84. The van der Waals surface area contributed by atoms with Crippen molar-refractivity contribution in [3.63, 3.8) is 0 Å². The molecule has 1 heterocycles. The number of nitrogens with zero attached hydrogens (tertiary/aromatic N) is 1. The fraction of sp³-hybridized carbons (Fsp3) is 0.105. The lowest BCUT2D eigenvalue weighted by Gasteiger charge is -2.12. The van der Waals surface area contributed by atoms with Crippen molar-refractivity contribution in [3.8, 4) is 11.5 Å². The van der Waals surface area contributed by atoms with Crippen LogP contribution in [0.3, 0.4) is 0 Å². The number of carbonyl (C=O) groups is 3. The second kappa shape index (κ2) is 9.06. The van der Waals surface area contributed by atoms with Gasteiger partial charge in [0.05, 0.1) is 15.6 Å². The molecular formula is C19H14ClIN2O5S. The second-order valence-electron chi connectivity index (χ2n) is 5.87. The number of imide groups is 1. The average Bonchev–Trinajstić information content (AvgIpc) is 2.93. The predicted octanol–water partition coefficient (Wildman–Crippen LogP) is 4.33. The van der Waals surface area contributed by atoms with Gasteiger partial charge < -0.3 is 15.2 Å². The number of nitrogens with one attached hydrogen (secondary N) is 1. The van der Waals surface area contributed by atoms with E-state index < -0.39 is 23.6 Å². The van der Waals surface area contributed by atoms with Crippen molar-refractivity contribution in [2.24, 2.45) is 0 Å². The van der Waals surface area contributed by atoms with Crippen LogP contribution in [0.1, 0.15) is 5.56 Å². The van der Waals surface area contributed by atoms with E-state index in [0.29, 0.717) is 37.4 Å². The number of phenols is 1. The molecule has 0 aromatic heterocycles. The van der Waals surface area contributed by atoms with Crippen molar-refractivity contribution < 1.29 is 24.2 Å². The summed E-state index contributed by atoms with van der Waals surface area (Å²) >= 11 is 8.60. The van der Waals surface area contributed by atoms with Gasteiger partial charge in [-0.2, -0.15) is 0 Å². The summed E-state index contributed by atoms with van der Waals surface area (Å²) in [5.41, 5.74) is 0.826. The molecule has 1 saturated heterocycles. The summed E-state index contributed by atoms with van der Waals surface area (Å²) in [6.07, 6.45) is 1.38. The standard InChI is InChI=1S/C19H14ClIN2O5S/c1-28-13-4-2-12(3-5-13)22-16(24)9-23-18(26)15(29-19(23)27)7-10-6-11(20)8-14(21)17(10)25/h2-8,25H,9H2,1H3,(H,22,24)/b15-7+. The number of hydrogen-bond acceptors (Lipinski definition) is 6. The molecule has 1 aliphatic rings. The number of carbonyl (C=O) groups excluding carboxylic acids is 3. The van der Waals surface area contributed by atoms with Gasteiger partial charge in [-0.25, -0.2) is 0 Å². The summed E-state index contributed by atoms with van der Waals surface area (Å²) in [5, 5.41) is 12.6. The van der Waals surface area contributed by atoms with E-state index >= 15 is 0 Å². The Bertz CT molecular complexity index is 1030. The Hall–Kier alpha value is -2.24. The molecular weight excluding hydrogens is 531 g/mol. The van der Waals surface area contributed by atoms with Crippen LogP contribution in [0.4, 0.5) is 10.5 Å². The highest BCUT2D eigenvalue weighted by atomic mass is 127. The first-order valence-electron chi connectivity index (χ1n) is 8.15. The van der Waals surface area contributed by atoms with Gasteiger partial charge in [-0.1, -0.05) is 11.6 Å². The molecule has 150 valence electrons. The molecule has 0 radical (unpaired) electrons. The molecule has 0 spiro atoms. The predicted molar refractivity (Wildman–Crippen MR) is 120 cm³/mol. The van der Waals surface area contributed by atoms with E-state index in [-0.39, 0.29) is 10.7 Å². The molecule has 2 aromatic rings. The summed E-state index contributed by atoms with van der Waals surface area (Å²) in [7, 11) is 1.53. The molecule has 0 atom stereocenters. The molecule has 0 aliphatic carbocycles. The van der Waals surface area contributed by atoms with Crippen molar-refractivity contribution in [2.75, 3.05) is 19.0 Å². The highest BCUT2D eigenvalue weighted by Gasteiger charge is 2.36. The van der Waals surface area contributed by atoms with Crippen LogP contribution in [0.5, 0.6) is 11.5 Å². The van der Waals surface area contributed by atoms with Crippen molar-refractivity contribution in [1.29, 1.82) is 0 Å². The fourth-order valence-corrected chi connectivity index (χ4v) is 4.38. The number of aromatic hydroxyl groups is 1. The number of methoxy groups -OCH3 is 1. The summed E-state index contributed by atoms with van der Waals surface area (Å²) in [6, 6.07) is 9.71. The molecule has 29 heavy (non-hydrogen) atoms. The molecule has 2 N–H and O–H groups in total. The molecule has 0 saturated carbocycles. The number of thioether (sulfide) groups is 1. The lowest BCUT2D eigenvalue weighted by atomic mass is 10.2. The summed E-state index contributed by atoms with van der Waals surface area (Å²) in [4.78, 5) is 38.0. The van der Waals surface area contributed by atoms with Gasteiger partial charge in [0.2, 0.25) is 5.91 Å². The van der Waals surface area contributed by atoms with E-state index in [4.69, 9.17) is 16.3 Å². The van der Waals surface area contributed by atoms with Crippen LogP contribution in [0, 0.1) is 3.57 Å². The normalized spacial score (nSPS) is 15.1. The van der Waals surface area contributed by atoms with E-state index in [1.807, 2.05) is 22.6 Å². The Morgan fingerprint density at radius 3 is 2.66 bits per heavy atom. The number of rotatable bonds is 5. The van der Waals surface area contributed by atoms with Gasteiger partial charge in [0.1, 0.15) is 18.0 Å². The van der Waals surface area contributed by atoms with Gasteiger partial charge in [0.15, 0.2) is 0 Å². The Kier molecular flexibility index (Phi) is 6.70. The number of anilines is 1. The zero-order valence-corrected chi connectivity index (χ0v) is 18.7. The number of hydrogen-bond donors (Lipinski definition) is 2. The molecule has 2 aromatic carbocycles. The van der Waals surface area contributed by atoms with Gasteiger partial charge in [0, 0.05) is 16.3 Å². The Morgan fingerprint density at radius 2 is 2.00 bits per heavy atom. The van der Waals surface area contributed by atoms with E-state index in [1.165, 1.54) is 19.3 Å². The van der Waals surface area contributed by atoms with E-state index in [0.717, 1.165) is 4.90 Å². The maximum atomic E-state index is 12.6. The summed E-state index contributed by atoms with van der Waals surface area (Å²) < 4.78 is 5.56. The van der Waals surface area contributed by atoms with Gasteiger partial charge >= 0.3 is 0 Å². The maximum Gasteiger partial charge on any atom is 0.294 e. The first-order valence-corrected chi connectivity index (χ1v) is 10.4. The van der Waals surface area contributed by atoms with Crippen molar-refractivity contribution in [3.05, 3.63) is 55.5 Å². The fourth-order valence-electron chi connectivity index (χ4n) is 2.49. The minimum Gasteiger partial charge on any atom is -0.506 e. The third-order valence-electron chi connectivity index (χ3n) is 3.89. The average molecular weight is 545 g/mol. The number of ether oxygens (including phenoxy) is 1. The first kappa shape index (κ1) is 21.5. The number of benzene rings is 2. The molecule has 7 nitrogen and oxygen atoms in total. The van der Waals surface area contributed by atoms with Crippen LogP contribution in [-0.2, 0) is 9.59 Å². The molecule has 1 fully saturated rings. The minimum absolute atomic E-state index is 0.0425. The molecule has 0 unspecified atom stereocenters. The molecule has 3 amide bonds. The highest BCUT2D eigenvalue weighted by Crippen LogP contribution is 2.36. The van der Waals surface area contributed by atoms with Crippen LogP contribution in [0.2, 0.25) is 5.02 Å². The lowest BCUT2D eigenvalue weighted by molar-refractivity contribution is -0.127. The van der Waals surface area contributed by atoms with Crippen molar-refractivity contribution >= 4 is 74.8 Å². The molecule has 1 aliphatic heterocycles. The molecule has 10 heteroatoms. The van der Waals surface area contributed by atoms with Crippen LogP contribution in [0.15, 0.2) is 41.3 Å². The van der Waals surface area contributed by atoms with Gasteiger partial charge in [-0.3, -0.25) is 19.3 Å². The number of amides is 3. The summed E-state index contributed by atoms with van der Waals surface area (Å²) in [6.45, 7) is -0.424. The van der Waals surface area contributed by atoms with Gasteiger partial charge in [-0.05, 0) is 76.8 Å². The third kappa shape index (κ3) is 5.03. The van der Waals surface area contributed by atoms with Crippen LogP contribution in [0.25, 0.3) is 6.08 Å². The zero-order valence-electron chi connectivity index (χ0n) is 14.9. The van der Waals surface area contributed by atoms with E-state index in [2.05, 4.69) is 5.32 Å². The van der Waals surface area contributed by atoms with E-state index in [9.17, 15) is 19.5 Å². The van der Waals surface area contributed by atoms with Crippen LogP contribution in [-0.4, -0.2) is 40.7 Å². The second-order valence-corrected chi connectivity index (χ2v) is 8.46. The first-order chi connectivity index (χ1) is 13.8. The zero-order chi connectivity index (χ0) is 21.1. The van der Waals surface area contributed by atoms with Crippen LogP contribution < -0.4 is 10.1 Å². The Morgan fingerprint density at radius 1 is 1.31 bits per heavy atom. The Labute approximate surface area is 189 Å². The molecule has 0 bridgehead atoms. The highest BCUT2D eigenvalue weighted by molar-refractivity contribution is 14.1. The quantitative estimate of drug-likeness (QED) is 0.430. The molecule has 3 rings (SSSR count). The smallest absolute Gasteiger partial charge is 0.294 e. The largest absolute Gasteiger partial charge is 0.506 e. The topological polar surface area (TPSA) is 95.9 Å². The number of phenolic OH excluding ortho intramolecular Hbond substituents is 1. The van der Waals surface area contributed by atoms with Gasteiger partial charge in [-0.15, -0.1) is 0 Å². The maximum absolute atomic E-state index is 12.6. The van der Waals surface area contributed by atoms with Crippen molar-refractivity contribution in [1.82, 2.24) is 4.90 Å². The SMILES string of the molecule is COc1ccc(NC(=O)CN2C(=O)S/C(=C/c3cc(Cl)cc(I)c3O)C2=O)cc1. The monoisotopic (exact) mass is 544 g/mol. The van der Waals surface area contributed by atoms with Gasteiger partial charge in [0.25, 0.3) is 11.1 Å². The van der Waals surface area contributed by atoms with Crippen LogP contribution >= 0.6 is 46.0 Å². The van der Waals surface area contributed by atoms with E-state index in [1.54, 1.807) is 30.3 Å². The Balaban J connectivity index is 1.72.